The normalized spacial score (nSPS) is 10.5. The highest BCUT2D eigenvalue weighted by atomic mass is 16.5. The molecule has 0 bridgehead atoms. The number of H-pyrrole nitrogens is 1. The molecular formula is C17H17N3O2. The van der Waals surface area contributed by atoms with Crippen LogP contribution in [0.5, 0.6) is 11.5 Å². The smallest absolute Gasteiger partial charge is 0.131 e. The fourth-order valence-electron chi connectivity index (χ4n) is 2.33. The third kappa shape index (κ3) is 2.61. The highest BCUT2D eigenvalue weighted by molar-refractivity contribution is 5.74. The second-order valence-electron chi connectivity index (χ2n) is 4.86. The molecule has 3 rings (SSSR count). The summed E-state index contributed by atoms with van der Waals surface area (Å²) in [7, 11) is 3.26. The molecule has 112 valence electrons. The van der Waals surface area contributed by atoms with Gasteiger partial charge in [-0.1, -0.05) is 12.1 Å². The van der Waals surface area contributed by atoms with E-state index in [1.165, 1.54) is 0 Å². The fourth-order valence-corrected chi connectivity index (χ4v) is 2.33. The van der Waals surface area contributed by atoms with Crippen molar-refractivity contribution in [3.8, 4) is 34.0 Å². The number of hydrogen-bond acceptors (Lipinski definition) is 4. The molecule has 1 aromatic heterocycles. The molecule has 2 aromatic carbocycles. The molecule has 0 unspecified atom stereocenters. The van der Waals surface area contributed by atoms with Crippen LogP contribution >= 0.6 is 0 Å². The van der Waals surface area contributed by atoms with E-state index in [9.17, 15) is 0 Å². The van der Waals surface area contributed by atoms with Gasteiger partial charge in [-0.2, -0.15) is 5.10 Å². The monoisotopic (exact) mass is 295 g/mol. The molecular weight excluding hydrogens is 278 g/mol. The number of ether oxygens (including phenoxy) is 2. The third-order valence-electron chi connectivity index (χ3n) is 3.46. The maximum absolute atomic E-state index is 5.82. The summed E-state index contributed by atoms with van der Waals surface area (Å²) >= 11 is 0. The Morgan fingerprint density at radius 1 is 1.00 bits per heavy atom. The fraction of sp³-hybridized carbons (Fsp3) is 0.118. The van der Waals surface area contributed by atoms with E-state index in [1.54, 1.807) is 14.2 Å². The maximum atomic E-state index is 5.82. The first-order chi connectivity index (χ1) is 10.7. The number of nitrogens with zero attached hydrogens (tertiary/aromatic N) is 1. The lowest BCUT2D eigenvalue weighted by Gasteiger charge is -2.08. The predicted molar refractivity (Wildman–Crippen MR) is 87.0 cm³/mol. The average Bonchev–Trinajstić information content (AvgIpc) is 3.04. The van der Waals surface area contributed by atoms with E-state index in [4.69, 9.17) is 15.2 Å². The van der Waals surface area contributed by atoms with Crippen molar-refractivity contribution in [2.45, 2.75) is 0 Å². The van der Waals surface area contributed by atoms with Gasteiger partial charge in [0.2, 0.25) is 0 Å². The van der Waals surface area contributed by atoms with Crippen LogP contribution in [0.2, 0.25) is 0 Å². The molecule has 0 radical (unpaired) electrons. The van der Waals surface area contributed by atoms with E-state index in [1.807, 2.05) is 48.5 Å². The number of nitrogens with two attached hydrogens (primary N) is 1. The predicted octanol–water partition coefficient (Wildman–Crippen LogP) is 3.34. The summed E-state index contributed by atoms with van der Waals surface area (Å²) in [5, 5.41) is 7.40. The van der Waals surface area contributed by atoms with Gasteiger partial charge in [-0.05, 0) is 30.3 Å². The highest BCUT2D eigenvalue weighted by Gasteiger charge is 2.11. The number of aromatic amines is 1. The lowest BCUT2D eigenvalue weighted by molar-refractivity contribution is 0.395. The van der Waals surface area contributed by atoms with Gasteiger partial charge in [-0.15, -0.1) is 0 Å². The molecule has 0 atom stereocenters. The topological polar surface area (TPSA) is 73.2 Å². The standard InChI is InChI=1S/C17H17N3O2/c1-21-13-6-7-14(17(9-13)22-2)16-10-15(19-20-16)11-4-3-5-12(18)8-11/h3-10H,18H2,1-2H3,(H,19,20). The summed E-state index contributed by atoms with van der Waals surface area (Å²) in [6, 6.07) is 15.3. The lowest BCUT2D eigenvalue weighted by atomic mass is 10.1. The minimum Gasteiger partial charge on any atom is -0.497 e. The van der Waals surface area contributed by atoms with Gasteiger partial charge < -0.3 is 15.2 Å². The Morgan fingerprint density at radius 3 is 2.59 bits per heavy atom. The second-order valence-corrected chi connectivity index (χ2v) is 4.86. The number of aromatic nitrogens is 2. The molecule has 0 saturated heterocycles. The van der Waals surface area contributed by atoms with Crippen molar-refractivity contribution in [2.24, 2.45) is 0 Å². The molecule has 5 nitrogen and oxygen atoms in total. The molecule has 0 aliphatic carbocycles. The minimum atomic E-state index is 0.712. The molecule has 1 heterocycles. The average molecular weight is 295 g/mol. The van der Waals surface area contributed by atoms with Gasteiger partial charge in [-0.3, -0.25) is 5.10 Å². The van der Waals surface area contributed by atoms with Gasteiger partial charge in [0.05, 0.1) is 25.6 Å². The van der Waals surface area contributed by atoms with Crippen molar-refractivity contribution in [1.29, 1.82) is 0 Å². The molecule has 3 aromatic rings. The van der Waals surface area contributed by atoms with E-state index < -0.39 is 0 Å². The van der Waals surface area contributed by atoms with Crippen molar-refractivity contribution < 1.29 is 9.47 Å². The largest absolute Gasteiger partial charge is 0.497 e. The van der Waals surface area contributed by atoms with Crippen LogP contribution in [0.15, 0.2) is 48.5 Å². The van der Waals surface area contributed by atoms with Gasteiger partial charge >= 0.3 is 0 Å². The van der Waals surface area contributed by atoms with Crippen LogP contribution in [0.1, 0.15) is 0 Å². The first kappa shape index (κ1) is 14.0. The van der Waals surface area contributed by atoms with Crippen LogP contribution in [0, 0.1) is 0 Å². The summed E-state index contributed by atoms with van der Waals surface area (Å²) < 4.78 is 10.6. The molecule has 0 aliphatic heterocycles. The Kier molecular flexibility index (Phi) is 3.70. The van der Waals surface area contributed by atoms with Crippen molar-refractivity contribution in [1.82, 2.24) is 10.2 Å². The lowest BCUT2D eigenvalue weighted by Crippen LogP contribution is -1.90. The zero-order valence-electron chi connectivity index (χ0n) is 12.5. The number of methoxy groups -OCH3 is 2. The molecule has 0 fully saturated rings. The Morgan fingerprint density at radius 2 is 1.86 bits per heavy atom. The van der Waals surface area contributed by atoms with Gasteiger partial charge in [0.1, 0.15) is 11.5 Å². The van der Waals surface area contributed by atoms with Gasteiger partial charge in [0.25, 0.3) is 0 Å². The SMILES string of the molecule is COc1ccc(-c2cc(-c3cccc(N)c3)n[nH]2)c(OC)c1. The first-order valence-electron chi connectivity index (χ1n) is 6.85. The van der Waals surface area contributed by atoms with Crippen LogP contribution < -0.4 is 15.2 Å². The molecule has 5 heteroatoms. The highest BCUT2D eigenvalue weighted by Crippen LogP contribution is 2.33. The van der Waals surface area contributed by atoms with Crippen molar-refractivity contribution in [3.63, 3.8) is 0 Å². The number of nitrogen functional groups attached to an aromatic ring is 1. The summed E-state index contributed by atoms with van der Waals surface area (Å²) in [5.41, 5.74) is 10.1. The number of anilines is 1. The molecule has 0 saturated carbocycles. The minimum absolute atomic E-state index is 0.712. The second kappa shape index (κ2) is 5.81. The molecule has 0 aliphatic rings. The van der Waals surface area contributed by atoms with Crippen LogP contribution in [0.3, 0.4) is 0 Å². The Balaban J connectivity index is 2.00. The van der Waals surface area contributed by atoms with Gasteiger partial charge in [0, 0.05) is 22.9 Å². The number of hydrogen-bond donors (Lipinski definition) is 2. The van der Waals surface area contributed by atoms with Crippen LogP contribution in [-0.4, -0.2) is 24.4 Å². The zero-order valence-corrected chi connectivity index (χ0v) is 12.5. The van der Waals surface area contributed by atoms with Crippen molar-refractivity contribution in [2.75, 3.05) is 20.0 Å². The Hall–Kier alpha value is -2.95. The van der Waals surface area contributed by atoms with Crippen LogP contribution in [0.25, 0.3) is 22.5 Å². The zero-order chi connectivity index (χ0) is 15.5. The number of benzene rings is 2. The summed E-state index contributed by atoms with van der Waals surface area (Å²) in [4.78, 5) is 0. The van der Waals surface area contributed by atoms with Gasteiger partial charge in [-0.25, -0.2) is 0 Å². The van der Waals surface area contributed by atoms with E-state index >= 15 is 0 Å². The quantitative estimate of drug-likeness (QED) is 0.724. The van der Waals surface area contributed by atoms with E-state index in [0.717, 1.165) is 34.0 Å². The van der Waals surface area contributed by atoms with Crippen LogP contribution in [-0.2, 0) is 0 Å². The summed E-state index contributed by atoms with van der Waals surface area (Å²) in [6.45, 7) is 0. The summed E-state index contributed by atoms with van der Waals surface area (Å²) in [5.74, 6) is 1.47. The molecule has 0 amide bonds. The van der Waals surface area contributed by atoms with Crippen molar-refractivity contribution >= 4 is 5.69 Å². The molecule has 22 heavy (non-hydrogen) atoms. The van der Waals surface area contributed by atoms with E-state index in [0.29, 0.717) is 5.69 Å². The molecule has 0 spiro atoms. The first-order valence-corrected chi connectivity index (χ1v) is 6.85. The Labute approximate surface area is 128 Å². The molecule has 3 N–H and O–H groups in total. The van der Waals surface area contributed by atoms with E-state index in [-0.39, 0.29) is 0 Å². The van der Waals surface area contributed by atoms with E-state index in [2.05, 4.69) is 10.2 Å². The van der Waals surface area contributed by atoms with Crippen LogP contribution in [0.4, 0.5) is 5.69 Å². The third-order valence-corrected chi connectivity index (χ3v) is 3.46. The Bertz CT molecular complexity index is 796. The van der Waals surface area contributed by atoms with Crippen molar-refractivity contribution in [3.05, 3.63) is 48.5 Å². The number of nitrogens with one attached hydrogen (secondary N) is 1. The summed E-state index contributed by atoms with van der Waals surface area (Å²) in [6.07, 6.45) is 0. The maximum Gasteiger partial charge on any atom is 0.131 e. The number of rotatable bonds is 4. The van der Waals surface area contributed by atoms with Gasteiger partial charge in [0.15, 0.2) is 0 Å².